The third-order valence-electron chi connectivity index (χ3n) is 9.63. The molecule has 0 aliphatic carbocycles. The summed E-state index contributed by atoms with van der Waals surface area (Å²) in [7, 11) is 0. The molecule has 0 fully saturated rings. The Morgan fingerprint density at radius 1 is 0.345 bits per heavy atom. The van der Waals surface area contributed by atoms with Gasteiger partial charge in [-0.1, -0.05) is 170 Å². The van der Waals surface area contributed by atoms with E-state index in [1.165, 1.54) is 19.3 Å². The molecular weight excluding hydrogens is 721 g/mol. The molecule has 330 valence electrons. The maximum absolute atomic E-state index is 12.7. The van der Waals surface area contributed by atoms with Crippen molar-refractivity contribution >= 4 is 17.9 Å². The van der Waals surface area contributed by atoms with E-state index in [2.05, 4.69) is 106 Å². The molecular formula is C52H86O6. The highest BCUT2D eigenvalue weighted by atomic mass is 16.6. The Balaban J connectivity index is 4.43. The van der Waals surface area contributed by atoms with Crippen LogP contribution < -0.4 is 0 Å². The molecule has 0 rings (SSSR count). The molecule has 6 nitrogen and oxygen atoms in total. The second kappa shape index (κ2) is 46.3. The van der Waals surface area contributed by atoms with Crippen molar-refractivity contribution < 1.29 is 28.6 Å². The lowest BCUT2D eigenvalue weighted by Gasteiger charge is -2.18. The van der Waals surface area contributed by atoms with Crippen molar-refractivity contribution in [1.29, 1.82) is 0 Å². The topological polar surface area (TPSA) is 78.9 Å². The van der Waals surface area contributed by atoms with Gasteiger partial charge < -0.3 is 14.2 Å². The number of esters is 3. The van der Waals surface area contributed by atoms with Crippen molar-refractivity contribution in [2.24, 2.45) is 0 Å². The van der Waals surface area contributed by atoms with E-state index in [0.29, 0.717) is 19.3 Å². The highest BCUT2D eigenvalue weighted by Gasteiger charge is 2.19. The van der Waals surface area contributed by atoms with Crippen LogP contribution in [0.15, 0.2) is 85.1 Å². The number of rotatable bonds is 41. The van der Waals surface area contributed by atoms with Gasteiger partial charge in [-0.15, -0.1) is 0 Å². The van der Waals surface area contributed by atoms with Crippen molar-refractivity contribution in [3.8, 4) is 0 Å². The SMILES string of the molecule is CC/C=C\C/C=C\C/C=C\CCCCCCCCC(=O)OCC(COC(=O)CCCCCCC/C=C\C/C=C\CC)OC(=O)CCCCCCC/C=C\C/C=C\CC. The Hall–Kier alpha value is -3.41. The van der Waals surface area contributed by atoms with Crippen LogP contribution in [0.4, 0.5) is 0 Å². The summed E-state index contributed by atoms with van der Waals surface area (Å²) in [5.74, 6) is -0.943. The molecule has 0 aromatic heterocycles. The van der Waals surface area contributed by atoms with Crippen LogP contribution in [0, 0.1) is 0 Å². The Bertz CT molecular complexity index is 1160. The van der Waals surface area contributed by atoms with Gasteiger partial charge in [0.1, 0.15) is 13.2 Å². The number of ether oxygens (including phenoxy) is 3. The number of carbonyl (C=O) groups excluding carboxylic acids is 3. The normalized spacial score (nSPS) is 12.8. The van der Waals surface area contributed by atoms with E-state index in [1.54, 1.807) is 0 Å². The molecule has 1 unspecified atom stereocenters. The van der Waals surface area contributed by atoms with Crippen LogP contribution in [0.25, 0.3) is 0 Å². The fourth-order valence-electron chi connectivity index (χ4n) is 6.18. The van der Waals surface area contributed by atoms with Gasteiger partial charge in [-0.2, -0.15) is 0 Å². The van der Waals surface area contributed by atoms with Gasteiger partial charge in [0.2, 0.25) is 0 Å². The van der Waals surface area contributed by atoms with Gasteiger partial charge in [-0.3, -0.25) is 14.4 Å². The van der Waals surface area contributed by atoms with Gasteiger partial charge in [-0.05, 0) is 103 Å². The van der Waals surface area contributed by atoms with E-state index in [9.17, 15) is 14.4 Å². The van der Waals surface area contributed by atoms with E-state index in [0.717, 1.165) is 148 Å². The zero-order valence-corrected chi connectivity index (χ0v) is 37.5. The summed E-state index contributed by atoms with van der Waals surface area (Å²) < 4.78 is 16.7. The van der Waals surface area contributed by atoms with Crippen LogP contribution in [0.3, 0.4) is 0 Å². The third kappa shape index (κ3) is 43.7. The number of carbonyl (C=O) groups is 3. The zero-order valence-electron chi connectivity index (χ0n) is 37.5. The first-order valence-corrected chi connectivity index (χ1v) is 23.6. The molecule has 0 bridgehead atoms. The molecule has 0 saturated heterocycles. The number of allylic oxidation sites excluding steroid dienone is 14. The minimum absolute atomic E-state index is 0.0951. The Kier molecular flexibility index (Phi) is 43.6. The lowest BCUT2D eigenvalue weighted by Crippen LogP contribution is -2.30. The Morgan fingerprint density at radius 3 is 0.966 bits per heavy atom. The van der Waals surface area contributed by atoms with Gasteiger partial charge in [0.15, 0.2) is 6.10 Å². The zero-order chi connectivity index (χ0) is 42.3. The van der Waals surface area contributed by atoms with Gasteiger partial charge >= 0.3 is 17.9 Å². The number of unbranched alkanes of at least 4 members (excludes halogenated alkanes) is 16. The second-order valence-corrected chi connectivity index (χ2v) is 15.2. The fraction of sp³-hybridized carbons (Fsp3) is 0.673. The maximum atomic E-state index is 12.7. The molecule has 58 heavy (non-hydrogen) atoms. The van der Waals surface area contributed by atoms with Crippen molar-refractivity contribution in [2.75, 3.05) is 13.2 Å². The van der Waals surface area contributed by atoms with E-state index in [1.807, 2.05) is 0 Å². The molecule has 6 heteroatoms. The van der Waals surface area contributed by atoms with Crippen LogP contribution in [-0.4, -0.2) is 37.2 Å². The minimum Gasteiger partial charge on any atom is -0.462 e. The first kappa shape index (κ1) is 54.6. The average Bonchev–Trinajstić information content (AvgIpc) is 3.22. The second-order valence-electron chi connectivity index (χ2n) is 15.2. The molecule has 0 amide bonds. The molecule has 0 aromatic carbocycles. The van der Waals surface area contributed by atoms with Crippen molar-refractivity contribution in [3.05, 3.63) is 85.1 Å². The molecule has 0 spiro atoms. The molecule has 0 saturated carbocycles. The monoisotopic (exact) mass is 807 g/mol. The highest BCUT2D eigenvalue weighted by molar-refractivity contribution is 5.71. The lowest BCUT2D eigenvalue weighted by molar-refractivity contribution is -0.167. The maximum Gasteiger partial charge on any atom is 0.306 e. The van der Waals surface area contributed by atoms with Crippen molar-refractivity contribution in [1.82, 2.24) is 0 Å². The van der Waals surface area contributed by atoms with Gasteiger partial charge in [0.05, 0.1) is 0 Å². The summed E-state index contributed by atoms with van der Waals surface area (Å²) in [6, 6.07) is 0. The molecule has 0 heterocycles. The predicted molar refractivity (Wildman–Crippen MR) is 247 cm³/mol. The van der Waals surface area contributed by atoms with Gasteiger partial charge in [0, 0.05) is 19.3 Å². The Labute approximate surface area is 356 Å². The smallest absolute Gasteiger partial charge is 0.306 e. The minimum atomic E-state index is -0.794. The molecule has 0 aliphatic rings. The molecule has 0 N–H and O–H groups in total. The molecule has 0 aromatic rings. The van der Waals surface area contributed by atoms with Crippen LogP contribution in [-0.2, 0) is 28.6 Å². The van der Waals surface area contributed by atoms with E-state index in [4.69, 9.17) is 14.2 Å². The first-order valence-electron chi connectivity index (χ1n) is 23.6. The Morgan fingerprint density at radius 2 is 0.621 bits per heavy atom. The van der Waals surface area contributed by atoms with Crippen molar-refractivity contribution in [3.63, 3.8) is 0 Å². The lowest BCUT2D eigenvalue weighted by atomic mass is 10.1. The summed E-state index contributed by atoms with van der Waals surface area (Å²) in [6.07, 6.45) is 58.5. The van der Waals surface area contributed by atoms with Crippen LogP contribution in [0.5, 0.6) is 0 Å². The summed E-state index contributed by atoms with van der Waals surface area (Å²) in [5.41, 5.74) is 0. The number of hydrogen-bond donors (Lipinski definition) is 0. The van der Waals surface area contributed by atoms with Gasteiger partial charge in [-0.25, -0.2) is 0 Å². The van der Waals surface area contributed by atoms with E-state index < -0.39 is 6.10 Å². The molecule has 0 aliphatic heterocycles. The first-order chi connectivity index (χ1) is 28.5. The summed E-state index contributed by atoms with van der Waals surface area (Å²) >= 11 is 0. The summed E-state index contributed by atoms with van der Waals surface area (Å²) in [6.45, 7) is 6.25. The van der Waals surface area contributed by atoms with E-state index >= 15 is 0 Å². The van der Waals surface area contributed by atoms with E-state index in [-0.39, 0.29) is 31.1 Å². The van der Waals surface area contributed by atoms with Crippen LogP contribution in [0.2, 0.25) is 0 Å². The van der Waals surface area contributed by atoms with Gasteiger partial charge in [0.25, 0.3) is 0 Å². The molecule has 1 atom stereocenters. The summed E-state index contributed by atoms with van der Waals surface area (Å²) in [4.78, 5) is 37.8. The molecule has 0 radical (unpaired) electrons. The largest absolute Gasteiger partial charge is 0.462 e. The predicted octanol–water partition coefficient (Wildman–Crippen LogP) is 15.3. The summed E-state index contributed by atoms with van der Waals surface area (Å²) in [5, 5.41) is 0. The average molecular weight is 807 g/mol. The van der Waals surface area contributed by atoms with Crippen LogP contribution >= 0.6 is 0 Å². The fourth-order valence-corrected chi connectivity index (χ4v) is 6.18. The van der Waals surface area contributed by atoms with Crippen LogP contribution in [0.1, 0.15) is 207 Å². The number of hydrogen-bond acceptors (Lipinski definition) is 6. The van der Waals surface area contributed by atoms with Crippen molar-refractivity contribution in [2.45, 2.75) is 213 Å². The quantitative estimate of drug-likeness (QED) is 0.0265. The third-order valence-corrected chi connectivity index (χ3v) is 9.63. The standard InChI is InChI=1S/C52H86O6/c1-4-7-10-13-16-19-22-25-26-27-28-31-33-36-39-42-45-51(54)57-48-49(58-52(55)46-43-40-37-34-30-24-21-18-15-12-9-6-3)47-56-50(53)44-41-38-35-32-29-23-20-17-14-11-8-5-2/h7-12,16-21,25-26,49H,4-6,13-15,22-24,27-48H2,1-3H3/b10-7-,11-8-,12-9-,19-16-,20-17-,21-18-,26-25-. The highest BCUT2D eigenvalue weighted by Crippen LogP contribution is 2.13.